The van der Waals surface area contributed by atoms with Gasteiger partial charge in [-0.2, -0.15) is 11.2 Å². The van der Waals surface area contributed by atoms with E-state index in [2.05, 4.69) is 67.0 Å². The van der Waals surface area contributed by atoms with Crippen molar-refractivity contribution >= 4 is 24.6 Å². The summed E-state index contributed by atoms with van der Waals surface area (Å²) in [7, 11) is -0.924. The van der Waals surface area contributed by atoms with E-state index < -0.39 is 7.22 Å². The zero-order chi connectivity index (χ0) is 12.7. The van der Waals surface area contributed by atoms with Crippen LogP contribution in [0.4, 0.5) is 0 Å². The third kappa shape index (κ3) is 7.39. The first-order chi connectivity index (χ1) is 7.97. The van der Waals surface area contributed by atoms with E-state index >= 15 is 0 Å². The zero-order valence-electron chi connectivity index (χ0n) is 11.4. The topological polar surface area (TPSA) is 12.4 Å². The van der Waals surface area contributed by atoms with Gasteiger partial charge in [-0.3, -0.25) is 4.99 Å². The standard InChI is InChI=1S/C14H23NSSi/c1-13-7-5-8-14(11-13)12-15-9-6-10-16-17(2,3)4/h5,7-8,11-12H,6,9-10H2,1-4H3/b15-12-. The van der Waals surface area contributed by atoms with Crippen LogP contribution < -0.4 is 0 Å². The number of aryl methyl sites for hydroxylation is 1. The Morgan fingerprint density at radius 2 is 2.06 bits per heavy atom. The zero-order valence-corrected chi connectivity index (χ0v) is 13.2. The van der Waals surface area contributed by atoms with E-state index in [-0.39, 0.29) is 0 Å². The number of hydrogen-bond donors (Lipinski definition) is 0. The maximum atomic E-state index is 4.48. The van der Waals surface area contributed by atoms with Crippen molar-refractivity contribution in [2.45, 2.75) is 33.0 Å². The molecule has 1 aromatic carbocycles. The summed E-state index contributed by atoms with van der Waals surface area (Å²) in [5, 5.41) is 0. The average molecular weight is 265 g/mol. The first-order valence-corrected chi connectivity index (χ1v) is 11.4. The van der Waals surface area contributed by atoms with Gasteiger partial charge in [-0.1, -0.05) is 49.5 Å². The first kappa shape index (κ1) is 14.5. The quantitative estimate of drug-likeness (QED) is 0.422. The Bertz CT molecular complexity index is 369. The lowest BCUT2D eigenvalue weighted by Crippen LogP contribution is -2.14. The van der Waals surface area contributed by atoms with Crippen LogP contribution in [0.5, 0.6) is 0 Å². The fourth-order valence-corrected chi connectivity index (χ4v) is 4.61. The van der Waals surface area contributed by atoms with Crippen LogP contribution in [0.1, 0.15) is 17.5 Å². The summed E-state index contributed by atoms with van der Waals surface area (Å²) >= 11 is 2.15. The third-order valence-electron chi connectivity index (χ3n) is 2.25. The van der Waals surface area contributed by atoms with Crippen molar-refractivity contribution in [1.29, 1.82) is 0 Å². The van der Waals surface area contributed by atoms with Crippen molar-refractivity contribution < 1.29 is 0 Å². The predicted molar refractivity (Wildman–Crippen MR) is 84.1 cm³/mol. The highest BCUT2D eigenvalue weighted by Crippen LogP contribution is 2.19. The molecule has 0 spiro atoms. The molecule has 0 aromatic heterocycles. The van der Waals surface area contributed by atoms with Crippen molar-refractivity contribution in [3.05, 3.63) is 35.4 Å². The molecule has 0 radical (unpaired) electrons. The third-order valence-corrected chi connectivity index (χ3v) is 6.82. The van der Waals surface area contributed by atoms with Crippen LogP contribution in [0, 0.1) is 6.92 Å². The molecule has 0 atom stereocenters. The number of hydrogen-bond acceptors (Lipinski definition) is 2. The van der Waals surface area contributed by atoms with Crippen molar-refractivity contribution in [1.82, 2.24) is 0 Å². The largest absolute Gasteiger partial charge is 0.293 e. The highest BCUT2D eigenvalue weighted by Gasteiger charge is 2.12. The molecule has 94 valence electrons. The first-order valence-electron chi connectivity index (χ1n) is 6.18. The van der Waals surface area contributed by atoms with Crippen LogP contribution in [-0.4, -0.2) is 25.7 Å². The number of rotatable bonds is 6. The van der Waals surface area contributed by atoms with E-state index in [0.717, 1.165) is 6.54 Å². The average Bonchev–Trinajstić information content (AvgIpc) is 2.22. The number of nitrogens with zero attached hydrogens (tertiary/aromatic N) is 1. The molecule has 0 aliphatic heterocycles. The van der Waals surface area contributed by atoms with Gasteiger partial charge in [-0.25, -0.2) is 0 Å². The summed E-state index contributed by atoms with van der Waals surface area (Å²) in [4.78, 5) is 4.48. The Morgan fingerprint density at radius 3 is 2.71 bits per heavy atom. The van der Waals surface area contributed by atoms with Crippen molar-refractivity contribution in [3.8, 4) is 0 Å². The molecule has 0 heterocycles. The van der Waals surface area contributed by atoms with Crippen molar-refractivity contribution in [3.63, 3.8) is 0 Å². The van der Waals surface area contributed by atoms with Gasteiger partial charge in [0, 0.05) is 12.8 Å². The van der Waals surface area contributed by atoms with Gasteiger partial charge in [-0.15, -0.1) is 0 Å². The van der Waals surface area contributed by atoms with Crippen LogP contribution in [0.15, 0.2) is 29.3 Å². The summed E-state index contributed by atoms with van der Waals surface area (Å²) in [6.07, 6.45) is 3.18. The van der Waals surface area contributed by atoms with Gasteiger partial charge in [0.15, 0.2) is 0 Å². The molecule has 0 bridgehead atoms. The fraction of sp³-hybridized carbons (Fsp3) is 0.500. The molecule has 0 amide bonds. The Labute approximate surface area is 110 Å². The Balaban J connectivity index is 2.23. The minimum absolute atomic E-state index is 0.924. The Morgan fingerprint density at radius 1 is 1.29 bits per heavy atom. The summed E-state index contributed by atoms with van der Waals surface area (Å²) in [6.45, 7) is 10.3. The monoisotopic (exact) mass is 265 g/mol. The maximum Gasteiger partial charge on any atom is 0.108 e. The SMILES string of the molecule is Cc1cccc(/C=N\CCCS[Si](C)(C)C)c1. The normalized spacial score (nSPS) is 12.2. The van der Waals surface area contributed by atoms with Gasteiger partial charge >= 0.3 is 0 Å². The van der Waals surface area contributed by atoms with Gasteiger partial charge < -0.3 is 0 Å². The van der Waals surface area contributed by atoms with Gasteiger partial charge in [0.1, 0.15) is 7.22 Å². The Hall–Kier alpha value is -0.543. The second-order valence-corrected chi connectivity index (χ2v) is 14.7. The number of benzene rings is 1. The van der Waals surface area contributed by atoms with Gasteiger partial charge in [0.25, 0.3) is 0 Å². The van der Waals surface area contributed by atoms with Crippen molar-refractivity contribution in [2.75, 3.05) is 12.3 Å². The summed E-state index contributed by atoms with van der Waals surface area (Å²) in [6, 6.07) is 8.47. The molecule has 0 aliphatic carbocycles. The second kappa shape index (κ2) is 7.02. The molecule has 0 unspecified atom stereocenters. The highest BCUT2D eigenvalue weighted by atomic mass is 32.4. The van der Waals surface area contributed by atoms with Gasteiger partial charge in [-0.05, 0) is 24.7 Å². The Kier molecular flexibility index (Phi) is 5.99. The van der Waals surface area contributed by atoms with Crippen LogP contribution >= 0.6 is 11.2 Å². The molecule has 0 fully saturated rings. The molecule has 1 rings (SSSR count). The lowest BCUT2D eigenvalue weighted by Gasteiger charge is -2.13. The molecule has 0 N–H and O–H groups in total. The molecule has 0 aliphatic rings. The highest BCUT2D eigenvalue weighted by molar-refractivity contribution is 8.28. The summed E-state index contributed by atoms with van der Waals surface area (Å²) in [5.74, 6) is 1.25. The molecule has 1 aromatic rings. The van der Waals surface area contributed by atoms with E-state index in [0.29, 0.717) is 0 Å². The van der Waals surface area contributed by atoms with Crippen LogP contribution in [-0.2, 0) is 0 Å². The minimum atomic E-state index is -0.924. The van der Waals surface area contributed by atoms with Crippen molar-refractivity contribution in [2.24, 2.45) is 4.99 Å². The molecular weight excluding hydrogens is 242 g/mol. The van der Waals surface area contributed by atoms with E-state index in [1.807, 2.05) is 6.21 Å². The van der Waals surface area contributed by atoms with Gasteiger partial charge in [0.2, 0.25) is 0 Å². The molecule has 17 heavy (non-hydrogen) atoms. The minimum Gasteiger partial charge on any atom is -0.293 e. The summed E-state index contributed by atoms with van der Waals surface area (Å²) < 4.78 is 0. The van der Waals surface area contributed by atoms with Crippen LogP contribution in [0.2, 0.25) is 19.6 Å². The molecular formula is C14H23NSSi. The summed E-state index contributed by atoms with van der Waals surface area (Å²) in [5.41, 5.74) is 2.51. The van der Waals surface area contributed by atoms with E-state index in [1.165, 1.54) is 23.3 Å². The van der Waals surface area contributed by atoms with Crippen LogP contribution in [0.25, 0.3) is 0 Å². The van der Waals surface area contributed by atoms with E-state index in [4.69, 9.17) is 0 Å². The van der Waals surface area contributed by atoms with Gasteiger partial charge in [0.05, 0.1) is 0 Å². The van der Waals surface area contributed by atoms with Crippen LogP contribution in [0.3, 0.4) is 0 Å². The molecule has 0 saturated carbocycles. The lowest BCUT2D eigenvalue weighted by molar-refractivity contribution is 0.950. The fourth-order valence-electron chi connectivity index (χ4n) is 1.45. The number of aliphatic imine (C=N–C) groups is 1. The molecule has 0 saturated heterocycles. The van der Waals surface area contributed by atoms with E-state index in [9.17, 15) is 0 Å². The second-order valence-electron chi connectivity index (χ2n) is 5.26. The molecule has 1 nitrogen and oxygen atoms in total. The molecule has 3 heteroatoms. The maximum absolute atomic E-state index is 4.48. The predicted octanol–water partition coefficient (Wildman–Crippen LogP) is 4.37. The lowest BCUT2D eigenvalue weighted by atomic mass is 10.2. The van der Waals surface area contributed by atoms with E-state index in [1.54, 1.807) is 0 Å². The smallest absolute Gasteiger partial charge is 0.108 e.